The summed E-state index contributed by atoms with van der Waals surface area (Å²) in [5.41, 5.74) is 3.06. The number of nitrogens with two attached hydrogens (primary N) is 1. The molecule has 772 valence electrons. The standard InChI is InChI=1S/C32H37ClN4O8S2.C32H37IN4O8S2.C18H19ClN2O4S.C13H19N3O5S.ClH/c2*1-18-34-26(36-47-18)24(35-45-32(5,6)30(41)44-31(2,3)4)23(38)15-22-27(39)37-25(20(9-8-14-33)17-46-28(22)37)29(40)43-16-19-10-12-21(42-7)13-11-19;1-24-13-6-4-11(5-7-13)9-25-18(23)15-12(3-2-8-19)10-26-17-14(20)16(22)21(15)17;1-7-14-9(16-22-7)8(10(17)18)15-21-13(5,6)11(19)20-12(2,3)4;/h2*8-13,22,28H,14-17H2,1-7H3;2-7,14,17H,8-10,20H2,1H3;1-6H3,(H,17,18);1H/b9-8-,35-24+;9-8+,35-24+;3-2+;15-8-;/t2*22-,28?;14-,17?;;/m111../s1. The van der Waals surface area contributed by atoms with Crippen molar-refractivity contribution in [1.29, 1.82) is 0 Å². The van der Waals surface area contributed by atoms with Gasteiger partial charge < -0.3 is 68.0 Å². The van der Waals surface area contributed by atoms with Gasteiger partial charge in [-0.25, -0.2) is 48.5 Å². The minimum Gasteiger partial charge on any atom is -0.497 e. The number of aromatic nitrogens is 6. The zero-order valence-corrected chi connectivity index (χ0v) is 91.7. The molecule has 3 amide bonds. The Labute approximate surface area is 882 Å². The molecule has 0 spiro atoms. The molecule has 6 aliphatic heterocycles. The molecule has 12 rings (SSSR count). The van der Waals surface area contributed by atoms with Gasteiger partial charge in [0.1, 0.15) is 97.4 Å². The number of allylic oxidation sites excluding steroid dienone is 6. The van der Waals surface area contributed by atoms with E-state index in [0.29, 0.717) is 70.8 Å². The lowest BCUT2D eigenvalue weighted by Crippen LogP contribution is -2.68. The van der Waals surface area contributed by atoms with Crippen molar-refractivity contribution in [3.63, 3.8) is 0 Å². The number of carboxylic acids is 1. The minimum absolute atomic E-state index is 0. The number of nitrogens with zero attached hydrogens (tertiary/aromatic N) is 12. The first-order valence-corrected chi connectivity index (χ1v) is 51.9. The van der Waals surface area contributed by atoms with E-state index < -0.39 is 127 Å². The van der Waals surface area contributed by atoms with Gasteiger partial charge in [-0.15, -0.1) is 70.9 Å². The molecule has 3 N–H and O–H groups in total. The number of aryl methyl sites for hydroxylation is 3. The maximum Gasteiger partial charge on any atom is 0.362 e. The number of esters is 6. The van der Waals surface area contributed by atoms with Crippen LogP contribution in [0.5, 0.6) is 17.2 Å². The number of thioether (sulfide) groups is 3. The van der Waals surface area contributed by atoms with Crippen LogP contribution >= 0.6 is 128 Å². The van der Waals surface area contributed by atoms with Gasteiger partial charge in [0.2, 0.25) is 46.1 Å². The second-order valence-electron chi connectivity index (χ2n) is 36.1. The first-order valence-electron chi connectivity index (χ1n) is 43.9. The number of carboxylic acid groups (broad SMARTS) is 1. The van der Waals surface area contributed by atoms with Crippen LogP contribution in [0.15, 0.2) is 159 Å². The molecular weight excluding hydrogens is 2150 g/mol. The summed E-state index contributed by atoms with van der Waals surface area (Å²) in [7, 11) is 4.72. The van der Waals surface area contributed by atoms with Crippen molar-refractivity contribution in [2.45, 2.75) is 213 Å². The van der Waals surface area contributed by atoms with E-state index in [1.54, 1.807) is 189 Å². The Kier molecular flexibility index (Phi) is 42.6. The van der Waals surface area contributed by atoms with Gasteiger partial charge in [0.05, 0.1) is 43.9 Å². The molecule has 0 radical (unpaired) electrons. The van der Waals surface area contributed by atoms with Crippen LogP contribution < -0.4 is 19.9 Å². The monoisotopic (exact) mass is 2260 g/mol. The van der Waals surface area contributed by atoms with Gasteiger partial charge >= 0.3 is 41.8 Å². The molecule has 3 fully saturated rings. The van der Waals surface area contributed by atoms with Gasteiger partial charge in [0, 0.05) is 46.3 Å². The average molecular weight is 2260 g/mol. The Morgan fingerprint density at radius 1 is 0.448 bits per heavy atom. The molecule has 3 saturated heterocycles. The van der Waals surface area contributed by atoms with Crippen molar-refractivity contribution in [3.8, 4) is 17.2 Å². The fraction of sp³-hybridized carbons (Fsp3) is 0.463. The lowest BCUT2D eigenvalue weighted by atomic mass is 9.89. The van der Waals surface area contributed by atoms with Gasteiger partial charge in [-0.1, -0.05) is 111 Å². The predicted molar refractivity (Wildman–Crippen MR) is 552 cm³/mol. The summed E-state index contributed by atoms with van der Waals surface area (Å²) in [6.07, 6.45) is 10.1. The highest BCUT2D eigenvalue weighted by Gasteiger charge is 2.57. The maximum atomic E-state index is 13.7. The molecule has 0 bridgehead atoms. The third-order valence-electron chi connectivity index (χ3n) is 20.2. The number of ketones is 2. The van der Waals surface area contributed by atoms with Crippen molar-refractivity contribution in [1.82, 2.24) is 42.8 Å². The van der Waals surface area contributed by atoms with Crippen molar-refractivity contribution >= 4 is 216 Å². The molecule has 0 aliphatic carbocycles. The van der Waals surface area contributed by atoms with Crippen molar-refractivity contribution in [3.05, 3.63) is 192 Å². The molecule has 3 unspecified atom stereocenters. The zero-order chi connectivity index (χ0) is 105. The van der Waals surface area contributed by atoms with Crippen LogP contribution in [0.25, 0.3) is 0 Å². The molecule has 143 heavy (non-hydrogen) atoms. The molecule has 9 heterocycles. The number of aliphatic carboxylic acids is 1. The number of Topliss-reactive ketones (excluding diaryl/α,β-unsaturated/α-hetero) is 2. The van der Waals surface area contributed by atoms with Crippen LogP contribution in [0.3, 0.4) is 0 Å². The quantitative estimate of drug-likeness (QED) is 0.00695. The number of ether oxygens (including phenoxy) is 9. The maximum absolute atomic E-state index is 13.7. The van der Waals surface area contributed by atoms with Crippen LogP contribution in [0.1, 0.15) is 166 Å². The molecule has 6 aromatic rings. The number of carbonyl (C=O) groups excluding carboxylic acids is 11. The zero-order valence-electron chi connectivity index (χ0n) is 82.3. The molecule has 3 aromatic carbocycles. The number of hydrogen-bond acceptors (Lipinski definition) is 40. The van der Waals surface area contributed by atoms with Crippen LogP contribution in [0.2, 0.25) is 0 Å². The summed E-state index contributed by atoms with van der Waals surface area (Å²) in [6.45, 7) is 29.5. The highest BCUT2D eigenvalue weighted by atomic mass is 127. The molecule has 6 aliphatic rings. The summed E-state index contributed by atoms with van der Waals surface area (Å²) in [5, 5.41) is 21.3. The predicted octanol–water partition coefficient (Wildman–Crippen LogP) is 14.4. The summed E-state index contributed by atoms with van der Waals surface area (Å²) in [4.78, 5) is 188. The number of hydrogen-bond donors (Lipinski definition) is 2. The third-order valence-corrected chi connectivity index (χ3v) is 26.9. The number of fused-ring (bicyclic) bond motifs is 3. The molecule has 3 aromatic heterocycles. The summed E-state index contributed by atoms with van der Waals surface area (Å²) in [5.74, 6) is -4.84. The average Bonchev–Trinajstić information content (AvgIpc) is 1.16. The first-order chi connectivity index (χ1) is 66.8. The normalized spacial score (nSPS) is 18.2. The van der Waals surface area contributed by atoms with E-state index >= 15 is 0 Å². The smallest absolute Gasteiger partial charge is 0.362 e. The number of β-lactam (4-membered cyclic amide) rings is 3. The Morgan fingerprint density at radius 2 is 0.727 bits per heavy atom. The van der Waals surface area contributed by atoms with E-state index in [1.165, 1.54) is 91.5 Å². The summed E-state index contributed by atoms with van der Waals surface area (Å²) in [6, 6.07) is 20.9. The lowest BCUT2D eigenvalue weighted by molar-refractivity contribution is -0.180. The number of benzene rings is 3. The minimum atomic E-state index is -1.54. The van der Waals surface area contributed by atoms with Crippen LogP contribution in [-0.4, -0.2) is 247 Å². The second-order valence-corrected chi connectivity index (χ2v) is 43.8. The summed E-state index contributed by atoms with van der Waals surface area (Å²) < 4.78 is 61.2. The fourth-order valence-electron chi connectivity index (χ4n) is 13.0. The number of carbonyl (C=O) groups is 12. The van der Waals surface area contributed by atoms with Gasteiger partial charge in [-0.05, 0) is 229 Å². The molecule has 48 heteroatoms. The SMILES string of the molecule is COc1ccc(COC(=O)C2=C(/C=C/CCl)CSC3[C@H](N)C(=O)N23)cc1.COc1ccc(COC(=O)C2=C(/C=C/CI)CSC3[C@H](CC(=O)/C(=N\OC(C)(C)C(=O)OC(C)(C)C)c4nsc(C)n4)C(=O)N23)cc1.COc1ccc(COC(=O)C2=C(/C=C\CCl)CSC3[C@H](CC(=O)/C(=N\OC(C)(C)C(=O)OC(C)(C)C)c4nsc(C)n4)C(=O)N23)cc1.Cc1nc(/C(=N/OC(C)(C)C(=O)OC(C)(C)C)C(=O)O)ns1.Cl. The Hall–Kier alpha value is -10.8. The highest BCUT2D eigenvalue weighted by Crippen LogP contribution is 2.49. The number of rotatable bonds is 37. The van der Waals surface area contributed by atoms with Crippen molar-refractivity contribution in [2.24, 2.45) is 33.0 Å². The number of methoxy groups -OCH3 is 3. The lowest BCUT2D eigenvalue weighted by Gasteiger charge is -2.49. The topological polar surface area (TPSA) is 486 Å². The second kappa shape index (κ2) is 51.8. The molecular formula is C95H113Cl3IN13O25S6. The van der Waals surface area contributed by atoms with Crippen molar-refractivity contribution < 1.29 is 120 Å². The largest absolute Gasteiger partial charge is 0.497 e. The molecule has 0 saturated carbocycles. The van der Waals surface area contributed by atoms with Crippen LogP contribution in [-0.2, 0) is 120 Å². The number of amides is 3. The van der Waals surface area contributed by atoms with Gasteiger partial charge in [-0.3, -0.25) is 38.7 Å². The van der Waals surface area contributed by atoms with Gasteiger partial charge in [0.15, 0.2) is 34.6 Å². The Bertz CT molecular complexity index is 5720. The van der Waals surface area contributed by atoms with Crippen molar-refractivity contribution in [2.75, 3.05) is 54.8 Å². The highest BCUT2D eigenvalue weighted by molar-refractivity contribution is 14.1. The van der Waals surface area contributed by atoms with Gasteiger partial charge in [0.25, 0.3) is 0 Å². The van der Waals surface area contributed by atoms with E-state index in [1.807, 2.05) is 24.3 Å². The first kappa shape index (κ1) is 117. The van der Waals surface area contributed by atoms with E-state index in [2.05, 4.69) is 66.1 Å². The van der Waals surface area contributed by atoms with Crippen LogP contribution in [0.4, 0.5) is 0 Å². The van der Waals surface area contributed by atoms with Crippen LogP contribution in [0, 0.1) is 32.6 Å². The third kappa shape index (κ3) is 32.1. The number of alkyl halides is 3. The molecule has 38 nitrogen and oxygen atoms in total. The fourth-order valence-corrected chi connectivity index (χ4v) is 18.9. The Balaban J connectivity index is 0.000000244. The number of halogens is 4. The molecule has 6 atom stereocenters. The van der Waals surface area contributed by atoms with E-state index in [0.717, 1.165) is 57.0 Å². The Morgan fingerprint density at radius 3 is 0.993 bits per heavy atom. The van der Waals surface area contributed by atoms with E-state index in [9.17, 15) is 57.5 Å². The number of oxime groups is 3. The van der Waals surface area contributed by atoms with E-state index in [-0.39, 0.29) is 114 Å². The van der Waals surface area contributed by atoms with E-state index in [4.69, 9.17) is 91.2 Å². The van der Waals surface area contributed by atoms with Gasteiger partial charge in [-0.2, -0.15) is 13.1 Å². The summed E-state index contributed by atoms with van der Waals surface area (Å²) >= 11 is 21.4.